The molecule has 3 rings (SSSR count). The van der Waals surface area contributed by atoms with Crippen molar-refractivity contribution in [3.8, 4) is 0 Å². The van der Waals surface area contributed by atoms with Crippen LogP contribution in [0, 0.1) is 0 Å². The first-order valence-electron chi connectivity index (χ1n) is 9.47. The average molecular weight is 345 g/mol. The zero-order valence-corrected chi connectivity index (χ0v) is 16.7. The number of hydrogen-bond donors (Lipinski definition) is 0. The zero-order chi connectivity index (χ0) is 17.6. The van der Waals surface area contributed by atoms with Gasteiger partial charge in [-0.25, -0.2) is 0 Å². The quantitative estimate of drug-likeness (QED) is 0.576. The van der Waals surface area contributed by atoms with Crippen LogP contribution in [-0.2, 0) is 12.8 Å². The van der Waals surface area contributed by atoms with E-state index < -0.39 is 0 Å². The minimum absolute atomic E-state index is 0.800. The zero-order valence-electron chi connectivity index (χ0n) is 15.7. The van der Waals surface area contributed by atoms with E-state index in [2.05, 4.69) is 75.4 Å². The van der Waals surface area contributed by atoms with Crippen molar-refractivity contribution in [2.45, 2.75) is 52.9 Å². The van der Waals surface area contributed by atoms with E-state index in [1.807, 2.05) is 0 Å². The van der Waals surface area contributed by atoms with Crippen molar-refractivity contribution in [2.24, 2.45) is 0 Å². The van der Waals surface area contributed by atoms with Crippen LogP contribution in [0.3, 0.4) is 0 Å². The molecule has 0 fully saturated rings. The molecule has 2 aromatic carbocycles. The van der Waals surface area contributed by atoms with Gasteiger partial charge in [-0.1, -0.05) is 89.5 Å². The lowest BCUT2D eigenvalue weighted by Crippen LogP contribution is -2.21. The normalized spacial score (nSPS) is 14.1. The summed E-state index contributed by atoms with van der Waals surface area (Å²) in [7, 11) is 0.800. The van der Waals surface area contributed by atoms with Gasteiger partial charge < -0.3 is 0 Å². The third-order valence-corrected chi connectivity index (χ3v) is 6.83. The number of allylic oxidation sites excluding steroid dienone is 4. The highest BCUT2D eigenvalue weighted by Gasteiger charge is 2.14. The molecule has 25 heavy (non-hydrogen) atoms. The van der Waals surface area contributed by atoms with Gasteiger partial charge in [-0.3, -0.25) is 0 Å². The van der Waals surface area contributed by atoms with Crippen LogP contribution in [0.15, 0.2) is 70.9 Å². The van der Waals surface area contributed by atoms with Crippen LogP contribution in [-0.4, -0.2) is 9.52 Å². The van der Waals surface area contributed by atoms with E-state index >= 15 is 0 Å². The summed E-state index contributed by atoms with van der Waals surface area (Å²) in [6, 6.07) is 18.2. The Hall–Kier alpha value is -1.86. The molecule has 0 nitrogen and oxygen atoms in total. The molecular formula is C24H28Si. The van der Waals surface area contributed by atoms with Gasteiger partial charge >= 0.3 is 0 Å². The van der Waals surface area contributed by atoms with Gasteiger partial charge in [0.2, 0.25) is 0 Å². The summed E-state index contributed by atoms with van der Waals surface area (Å²) in [5.41, 5.74) is 7.33. The molecule has 2 radical (unpaired) electrons. The molecule has 0 spiro atoms. The van der Waals surface area contributed by atoms with Crippen LogP contribution in [0.5, 0.6) is 0 Å². The fourth-order valence-electron chi connectivity index (χ4n) is 3.33. The van der Waals surface area contributed by atoms with Crippen LogP contribution in [0.25, 0.3) is 0 Å². The standard InChI is InChI=1S/C24H28Si/c1-4-5-8-20-12-14-21(15-13-20)17-22-9-6-7-10-24(22)25-23-16-11-18(2)19(23)3/h6-7,9-15H,4-5,8,16-17H2,1-3H3. The molecule has 0 saturated heterocycles. The van der Waals surface area contributed by atoms with E-state index in [9.17, 15) is 0 Å². The van der Waals surface area contributed by atoms with Gasteiger partial charge in [-0.05, 0) is 56.2 Å². The Labute approximate surface area is 155 Å². The van der Waals surface area contributed by atoms with E-state index in [1.165, 1.54) is 52.3 Å². The van der Waals surface area contributed by atoms with E-state index in [0.717, 1.165) is 22.4 Å². The minimum Gasteiger partial charge on any atom is -0.0777 e. The van der Waals surface area contributed by atoms with Gasteiger partial charge in [0, 0.05) is 0 Å². The van der Waals surface area contributed by atoms with Crippen LogP contribution >= 0.6 is 0 Å². The largest absolute Gasteiger partial charge is 0.117 e. The van der Waals surface area contributed by atoms with Gasteiger partial charge in [0.1, 0.15) is 9.52 Å². The molecule has 0 saturated carbocycles. The predicted octanol–water partition coefficient (Wildman–Crippen LogP) is 5.57. The second-order valence-corrected chi connectivity index (χ2v) is 8.47. The Morgan fingerprint density at radius 1 is 0.920 bits per heavy atom. The molecular weight excluding hydrogens is 316 g/mol. The lowest BCUT2D eigenvalue weighted by molar-refractivity contribution is 0.795. The summed E-state index contributed by atoms with van der Waals surface area (Å²) in [6.45, 7) is 6.77. The number of aryl methyl sites for hydroxylation is 1. The summed E-state index contributed by atoms with van der Waals surface area (Å²) in [5, 5.41) is 3.12. The van der Waals surface area contributed by atoms with E-state index in [0.29, 0.717) is 0 Å². The maximum absolute atomic E-state index is 2.37. The SMILES string of the molecule is CCCCc1ccc(Cc2ccccc2[Si]C2=C(C)C(C)=CC2)cc1. The number of hydrogen-bond acceptors (Lipinski definition) is 0. The second-order valence-electron chi connectivity index (χ2n) is 7.07. The van der Waals surface area contributed by atoms with Crippen LogP contribution in [0.2, 0.25) is 0 Å². The fraction of sp³-hybridized carbons (Fsp3) is 0.333. The molecule has 1 aliphatic rings. The van der Waals surface area contributed by atoms with E-state index in [1.54, 1.807) is 5.20 Å². The Morgan fingerprint density at radius 2 is 1.64 bits per heavy atom. The van der Waals surface area contributed by atoms with E-state index in [-0.39, 0.29) is 0 Å². The van der Waals surface area contributed by atoms with Crippen LogP contribution in [0.4, 0.5) is 0 Å². The van der Waals surface area contributed by atoms with Crippen molar-refractivity contribution in [1.29, 1.82) is 0 Å². The monoisotopic (exact) mass is 344 g/mol. The number of unbranched alkanes of at least 4 members (excludes halogenated alkanes) is 1. The topological polar surface area (TPSA) is 0 Å². The minimum atomic E-state index is 0.800. The lowest BCUT2D eigenvalue weighted by atomic mass is 10.0. The van der Waals surface area contributed by atoms with Crippen molar-refractivity contribution in [3.63, 3.8) is 0 Å². The number of benzene rings is 2. The number of rotatable bonds is 7. The van der Waals surface area contributed by atoms with Crippen molar-refractivity contribution >= 4 is 14.7 Å². The second kappa shape index (κ2) is 8.49. The molecule has 0 N–H and O–H groups in total. The van der Waals surface area contributed by atoms with Crippen molar-refractivity contribution in [3.05, 3.63) is 87.6 Å². The smallest absolute Gasteiger partial charge is 0.0777 e. The molecule has 1 heteroatoms. The Morgan fingerprint density at radius 3 is 2.32 bits per heavy atom. The summed E-state index contributed by atoms with van der Waals surface area (Å²) >= 11 is 0. The highest BCUT2D eigenvalue weighted by molar-refractivity contribution is 6.62. The molecule has 0 unspecified atom stereocenters. The summed E-state index contributed by atoms with van der Waals surface area (Å²) < 4.78 is 0. The molecule has 0 bridgehead atoms. The molecule has 2 aromatic rings. The maximum Gasteiger partial charge on any atom is 0.117 e. The van der Waals surface area contributed by atoms with Gasteiger partial charge in [-0.2, -0.15) is 0 Å². The molecule has 1 aliphatic carbocycles. The van der Waals surface area contributed by atoms with Crippen molar-refractivity contribution in [1.82, 2.24) is 0 Å². The molecule has 0 aliphatic heterocycles. The van der Waals surface area contributed by atoms with E-state index in [4.69, 9.17) is 0 Å². The molecule has 0 atom stereocenters. The van der Waals surface area contributed by atoms with Gasteiger partial charge in [0.25, 0.3) is 0 Å². The first-order valence-corrected chi connectivity index (χ1v) is 10.5. The maximum atomic E-state index is 2.37. The van der Waals surface area contributed by atoms with Gasteiger partial charge in [0.15, 0.2) is 0 Å². The molecule has 0 amide bonds. The Bertz CT molecular complexity index is 778. The molecule has 0 aromatic heterocycles. The Balaban J connectivity index is 1.73. The fourth-order valence-corrected chi connectivity index (χ4v) is 4.75. The summed E-state index contributed by atoms with van der Waals surface area (Å²) in [6.07, 6.45) is 8.29. The molecule has 0 heterocycles. The predicted molar refractivity (Wildman–Crippen MR) is 111 cm³/mol. The van der Waals surface area contributed by atoms with Crippen LogP contribution in [0.1, 0.15) is 56.7 Å². The average Bonchev–Trinajstić information content (AvgIpc) is 2.95. The van der Waals surface area contributed by atoms with Crippen LogP contribution < -0.4 is 5.19 Å². The highest BCUT2D eigenvalue weighted by Crippen LogP contribution is 2.24. The third-order valence-electron chi connectivity index (χ3n) is 5.20. The first-order chi connectivity index (χ1) is 12.2. The summed E-state index contributed by atoms with van der Waals surface area (Å²) in [5.74, 6) is 0. The summed E-state index contributed by atoms with van der Waals surface area (Å²) in [4.78, 5) is 0. The molecule has 128 valence electrons. The van der Waals surface area contributed by atoms with Crippen molar-refractivity contribution in [2.75, 3.05) is 0 Å². The van der Waals surface area contributed by atoms with Gasteiger partial charge in [0.05, 0.1) is 0 Å². The highest BCUT2D eigenvalue weighted by atomic mass is 28.2. The first kappa shape index (κ1) is 17.9. The lowest BCUT2D eigenvalue weighted by Gasteiger charge is -2.11. The third kappa shape index (κ3) is 4.61. The van der Waals surface area contributed by atoms with Crippen molar-refractivity contribution < 1.29 is 0 Å². The Kier molecular flexibility index (Phi) is 6.09. The van der Waals surface area contributed by atoms with Gasteiger partial charge in [-0.15, -0.1) is 0 Å².